The highest BCUT2D eigenvalue weighted by molar-refractivity contribution is 5.99. The first-order valence-corrected chi connectivity index (χ1v) is 5.63. The van der Waals surface area contributed by atoms with E-state index in [2.05, 4.69) is 4.98 Å². The smallest absolute Gasteiger partial charge is 0.357 e. The van der Waals surface area contributed by atoms with Crippen molar-refractivity contribution in [1.29, 1.82) is 0 Å². The molecule has 0 amide bonds. The van der Waals surface area contributed by atoms with Crippen molar-refractivity contribution in [3.8, 4) is 0 Å². The van der Waals surface area contributed by atoms with Crippen LogP contribution in [0, 0.1) is 0 Å². The standard InChI is InChI=1S/C13H15NO3/c1-13(2,3)17-12(16)9-6-4-8-5-7-10(15)11(8)14-9/h4,6H,5,7H2,1-3H3. The summed E-state index contributed by atoms with van der Waals surface area (Å²) < 4.78 is 5.21. The Balaban J connectivity index is 2.26. The molecule has 2 rings (SSSR count). The minimum Gasteiger partial charge on any atom is -0.455 e. The van der Waals surface area contributed by atoms with Crippen molar-refractivity contribution in [1.82, 2.24) is 4.98 Å². The van der Waals surface area contributed by atoms with Gasteiger partial charge >= 0.3 is 5.97 Å². The number of esters is 1. The number of rotatable bonds is 1. The fourth-order valence-electron chi connectivity index (χ4n) is 1.74. The van der Waals surface area contributed by atoms with Crippen molar-refractivity contribution in [3.05, 3.63) is 29.1 Å². The molecule has 0 N–H and O–H groups in total. The van der Waals surface area contributed by atoms with Crippen molar-refractivity contribution in [2.75, 3.05) is 0 Å². The van der Waals surface area contributed by atoms with Crippen LogP contribution < -0.4 is 0 Å². The van der Waals surface area contributed by atoms with Gasteiger partial charge in [-0.1, -0.05) is 6.07 Å². The van der Waals surface area contributed by atoms with Crippen LogP contribution in [0.4, 0.5) is 0 Å². The van der Waals surface area contributed by atoms with E-state index in [1.54, 1.807) is 32.9 Å². The maximum atomic E-state index is 11.8. The van der Waals surface area contributed by atoms with Gasteiger partial charge in [0, 0.05) is 6.42 Å². The molecular weight excluding hydrogens is 218 g/mol. The Morgan fingerprint density at radius 3 is 2.65 bits per heavy atom. The van der Waals surface area contributed by atoms with E-state index in [4.69, 9.17) is 4.74 Å². The minimum atomic E-state index is -0.554. The number of carbonyl (C=O) groups is 2. The molecule has 1 aromatic rings. The van der Waals surface area contributed by atoms with Crippen molar-refractivity contribution >= 4 is 11.8 Å². The van der Waals surface area contributed by atoms with Crippen LogP contribution in [0.25, 0.3) is 0 Å². The second-order valence-electron chi connectivity index (χ2n) is 5.13. The molecule has 1 aliphatic carbocycles. The number of ketones is 1. The van der Waals surface area contributed by atoms with Crippen LogP contribution in [0.3, 0.4) is 0 Å². The van der Waals surface area contributed by atoms with E-state index in [1.807, 2.05) is 0 Å². The van der Waals surface area contributed by atoms with E-state index in [-0.39, 0.29) is 11.5 Å². The quantitative estimate of drug-likeness (QED) is 0.697. The average Bonchev–Trinajstić information content (AvgIpc) is 2.57. The van der Waals surface area contributed by atoms with Crippen LogP contribution in [0.5, 0.6) is 0 Å². The van der Waals surface area contributed by atoms with E-state index in [0.717, 1.165) is 12.0 Å². The molecule has 0 atom stereocenters. The third-order valence-corrected chi connectivity index (χ3v) is 2.47. The molecule has 0 bridgehead atoms. The molecule has 0 aliphatic heterocycles. The Hall–Kier alpha value is -1.71. The van der Waals surface area contributed by atoms with Crippen molar-refractivity contribution in [3.63, 3.8) is 0 Å². The molecule has 0 aromatic carbocycles. The minimum absolute atomic E-state index is 0.00501. The summed E-state index contributed by atoms with van der Waals surface area (Å²) in [4.78, 5) is 27.4. The SMILES string of the molecule is CC(C)(C)OC(=O)c1ccc2c(n1)C(=O)CC2. The van der Waals surface area contributed by atoms with Gasteiger partial charge in [-0.2, -0.15) is 0 Å². The lowest BCUT2D eigenvalue weighted by molar-refractivity contribution is 0.00628. The number of Topliss-reactive ketones (excluding diaryl/α,β-unsaturated/α-hetero) is 1. The summed E-state index contributed by atoms with van der Waals surface area (Å²) >= 11 is 0. The third kappa shape index (κ3) is 2.52. The fraction of sp³-hybridized carbons (Fsp3) is 0.462. The molecule has 0 fully saturated rings. The maximum absolute atomic E-state index is 11.8. The van der Waals surface area contributed by atoms with Gasteiger partial charge in [0.05, 0.1) is 0 Å². The number of hydrogen-bond acceptors (Lipinski definition) is 4. The van der Waals surface area contributed by atoms with Gasteiger partial charge in [-0.3, -0.25) is 4.79 Å². The number of aryl methyl sites for hydroxylation is 1. The maximum Gasteiger partial charge on any atom is 0.357 e. The summed E-state index contributed by atoms with van der Waals surface area (Å²) in [5, 5.41) is 0. The summed E-state index contributed by atoms with van der Waals surface area (Å²) in [6, 6.07) is 3.40. The second-order valence-corrected chi connectivity index (χ2v) is 5.13. The van der Waals surface area contributed by atoms with E-state index in [1.165, 1.54) is 0 Å². The molecule has 0 radical (unpaired) electrons. The highest BCUT2D eigenvalue weighted by atomic mass is 16.6. The molecule has 17 heavy (non-hydrogen) atoms. The van der Waals surface area contributed by atoms with E-state index < -0.39 is 11.6 Å². The topological polar surface area (TPSA) is 56.3 Å². The Morgan fingerprint density at radius 2 is 2.00 bits per heavy atom. The number of aromatic nitrogens is 1. The molecule has 0 saturated carbocycles. The van der Waals surface area contributed by atoms with Gasteiger partial charge in [-0.05, 0) is 38.8 Å². The molecular formula is C13H15NO3. The summed E-state index contributed by atoms with van der Waals surface area (Å²) in [7, 11) is 0. The molecule has 4 nitrogen and oxygen atoms in total. The number of pyridine rings is 1. The number of carbonyl (C=O) groups excluding carboxylic acids is 2. The van der Waals surface area contributed by atoms with Crippen molar-refractivity contribution < 1.29 is 14.3 Å². The molecule has 1 heterocycles. The highest BCUT2D eigenvalue weighted by Crippen LogP contribution is 2.21. The highest BCUT2D eigenvalue weighted by Gasteiger charge is 2.24. The van der Waals surface area contributed by atoms with Gasteiger partial charge in [0.1, 0.15) is 17.0 Å². The predicted molar refractivity (Wildman–Crippen MR) is 62.1 cm³/mol. The van der Waals surface area contributed by atoms with Crippen molar-refractivity contribution in [2.45, 2.75) is 39.2 Å². The number of ether oxygens (including phenoxy) is 1. The molecule has 4 heteroatoms. The first-order valence-electron chi connectivity index (χ1n) is 5.63. The molecule has 1 aromatic heterocycles. The lowest BCUT2D eigenvalue weighted by Gasteiger charge is -2.19. The van der Waals surface area contributed by atoms with Crippen molar-refractivity contribution in [2.24, 2.45) is 0 Å². The van der Waals surface area contributed by atoms with E-state index in [0.29, 0.717) is 12.1 Å². The number of fused-ring (bicyclic) bond motifs is 1. The summed E-state index contributed by atoms with van der Waals surface area (Å²) in [6.07, 6.45) is 1.20. The van der Waals surface area contributed by atoms with Gasteiger partial charge in [0.15, 0.2) is 5.78 Å². The summed E-state index contributed by atoms with van der Waals surface area (Å²) in [5.74, 6) is -0.481. The van der Waals surface area contributed by atoms with Gasteiger partial charge < -0.3 is 4.74 Å². The van der Waals surface area contributed by atoms with Crippen LogP contribution in [0.15, 0.2) is 12.1 Å². The zero-order chi connectivity index (χ0) is 12.6. The Bertz CT molecular complexity index is 486. The van der Waals surface area contributed by atoms with Crippen LogP contribution in [-0.2, 0) is 11.2 Å². The molecule has 0 spiro atoms. The van der Waals surface area contributed by atoms with Gasteiger partial charge in [-0.25, -0.2) is 9.78 Å². The van der Waals surface area contributed by atoms with Crippen LogP contribution in [-0.4, -0.2) is 22.3 Å². The Labute approximate surface area is 100 Å². The second kappa shape index (κ2) is 3.95. The zero-order valence-electron chi connectivity index (χ0n) is 10.2. The van der Waals surface area contributed by atoms with Gasteiger partial charge in [0.25, 0.3) is 0 Å². The Morgan fingerprint density at radius 1 is 1.29 bits per heavy atom. The number of hydrogen-bond donors (Lipinski definition) is 0. The average molecular weight is 233 g/mol. The lowest BCUT2D eigenvalue weighted by atomic mass is 10.2. The number of nitrogens with zero attached hydrogens (tertiary/aromatic N) is 1. The van der Waals surface area contributed by atoms with Gasteiger partial charge in [-0.15, -0.1) is 0 Å². The predicted octanol–water partition coefficient (Wildman–Crippen LogP) is 2.17. The lowest BCUT2D eigenvalue weighted by Crippen LogP contribution is -2.24. The van der Waals surface area contributed by atoms with Gasteiger partial charge in [0.2, 0.25) is 0 Å². The molecule has 90 valence electrons. The molecule has 0 saturated heterocycles. The normalized spacial score (nSPS) is 14.6. The first-order chi connectivity index (χ1) is 7.87. The zero-order valence-corrected chi connectivity index (χ0v) is 10.2. The molecule has 1 aliphatic rings. The van der Waals surface area contributed by atoms with E-state index >= 15 is 0 Å². The van der Waals surface area contributed by atoms with Crippen LogP contribution in [0.1, 0.15) is 53.7 Å². The largest absolute Gasteiger partial charge is 0.455 e. The monoisotopic (exact) mass is 233 g/mol. The van der Waals surface area contributed by atoms with E-state index in [9.17, 15) is 9.59 Å². The summed E-state index contributed by atoms with van der Waals surface area (Å²) in [5.41, 5.74) is 0.992. The first kappa shape index (κ1) is 11.8. The fourth-order valence-corrected chi connectivity index (χ4v) is 1.74. The summed E-state index contributed by atoms with van der Waals surface area (Å²) in [6.45, 7) is 5.39. The molecule has 0 unspecified atom stereocenters. The third-order valence-electron chi connectivity index (χ3n) is 2.47. The Kier molecular flexibility index (Phi) is 2.73. The van der Waals surface area contributed by atoms with Crippen LogP contribution in [0.2, 0.25) is 0 Å². The van der Waals surface area contributed by atoms with Crippen LogP contribution >= 0.6 is 0 Å².